The van der Waals surface area contributed by atoms with Crippen molar-refractivity contribution in [2.75, 3.05) is 7.11 Å². The number of carbonyl (C=O) groups excluding carboxylic acids is 1. The highest BCUT2D eigenvalue weighted by molar-refractivity contribution is 5.94. The molecule has 3 N–H and O–H groups in total. The highest BCUT2D eigenvalue weighted by atomic mass is 16.5. The highest BCUT2D eigenvalue weighted by Gasteiger charge is 2.31. The zero-order valence-electron chi connectivity index (χ0n) is 13.6. The molecule has 0 bridgehead atoms. The molecule has 5 nitrogen and oxygen atoms in total. The predicted octanol–water partition coefficient (Wildman–Crippen LogP) is 2.36. The molecule has 2 aromatic rings. The third kappa shape index (κ3) is 3.13. The smallest absolute Gasteiger partial charge is 0.341 e. The Balaban J connectivity index is 1.96. The van der Waals surface area contributed by atoms with Gasteiger partial charge in [-0.05, 0) is 35.6 Å². The standard InChI is InChI=1S/C19H21NO4/c1-23-19(22)17-13-7-9-15(20)18(21)14(13)8-10-16(17)24-11-12-5-3-2-4-6-12/h2-6,8,10,15,18,21H,7,9,11,20H2,1H3. The number of methoxy groups -OCH3 is 1. The van der Waals surface area contributed by atoms with Gasteiger partial charge in [0.1, 0.15) is 17.9 Å². The van der Waals surface area contributed by atoms with Crippen molar-refractivity contribution < 1.29 is 19.4 Å². The van der Waals surface area contributed by atoms with Gasteiger partial charge in [0.15, 0.2) is 0 Å². The summed E-state index contributed by atoms with van der Waals surface area (Å²) in [7, 11) is 1.34. The fourth-order valence-electron chi connectivity index (χ4n) is 3.07. The Morgan fingerprint density at radius 2 is 2.00 bits per heavy atom. The van der Waals surface area contributed by atoms with E-state index >= 15 is 0 Å². The number of benzene rings is 2. The van der Waals surface area contributed by atoms with Crippen molar-refractivity contribution in [3.8, 4) is 5.75 Å². The number of rotatable bonds is 4. The molecule has 1 aliphatic rings. The van der Waals surface area contributed by atoms with Gasteiger partial charge in [0.25, 0.3) is 0 Å². The van der Waals surface area contributed by atoms with E-state index < -0.39 is 12.1 Å². The minimum absolute atomic E-state index is 0.320. The summed E-state index contributed by atoms with van der Waals surface area (Å²) in [5.41, 5.74) is 8.77. The zero-order valence-corrected chi connectivity index (χ0v) is 13.6. The molecule has 0 fully saturated rings. The Morgan fingerprint density at radius 1 is 1.25 bits per heavy atom. The van der Waals surface area contributed by atoms with Gasteiger partial charge in [-0.1, -0.05) is 36.4 Å². The number of nitrogens with two attached hydrogens (primary N) is 1. The minimum Gasteiger partial charge on any atom is -0.488 e. The van der Waals surface area contributed by atoms with Crippen LogP contribution in [0, 0.1) is 0 Å². The summed E-state index contributed by atoms with van der Waals surface area (Å²) >= 11 is 0. The zero-order chi connectivity index (χ0) is 17.1. The van der Waals surface area contributed by atoms with Gasteiger partial charge < -0.3 is 20.3 Å². The maximum absolute atomic E-state index is 12.3. The molecule has 2 unspecified atom stereocenters. The van der Waals surface area contributed by atoms with Gasteiger partial charge >= 0.3 is 5.97 Å². The maximum atomic E-state index is 12.3. The fourth-order valence-corrected chi connectivity index (χ4v) is 3.07. The largest absolute Gasteiger partial charge is 0.488 e. The maximum Gasteiger partial charge on any atom is 0.341 e. The first kappa shape index (κ1) is 16.5. The molecule has 0 aliphatic heterocycles. The quantitative estimate of drug-likeness (QED) is 0.843. The van der Waals surface area contributed by atoms with Crippen LogP contribution in [0.25, 0.3) is 0 Å². The number of aliphatic hydroxyl groups is 1. The summed E-state index contributed by atoms with van der Waals surface area (Å²) in [6.45, 7) is 0.353. The van der Waals surface area contributed by atoms with Crippen molar-refractivity contribution in [3.63, 3.8) is 0 Å². The lowest BCUT2D eigenvalue weighted by Gasteiger charge is -2.29. The Hall–Kier alpha value is -2.37. The van der Waals surface area contributed by atoms with E-state index in [4.69, 9.17) is 15.2 Å². The lowest BCUT2D eigenvalue weighted by atomic mass is 9.83. The van der Waals surface area contributed by atoms with Crippen LogP contribution in [0.1, 0.15) is 39.6 Å². The van der Waals surface area contributed by atoms with Crippen LogP contribution in [0.4, 0.5) is 0 Å². The summed E-state index contributed by atoms with van der Waals surface area (Å²) in [6, 6.07) is 12.9. The van der Waals surface area contributed by atoms with Gasteiger partial charge in [-0.2, -0.15) is 0 Å². The molecule has 0 saturated heterocycles. The molecule has 5 heteroatoms. The first-order valence-corrected chi connectivity index (χ1v) is 7.96. The van der Waals surface area contributed by atoms with Crippen molar-refractivity contribution in [2.45, 2.75) is 31.6 Å². The summed E-state index contributed by atoms with van der Waals surface area (Å²) < 4.78 is 10.8. The van der Waals surface area contributed by atoms with Crippen molar-refractivity contribution in [1.29, 1.82) is 0 Å². The minimum atomic E-state index is -0.777. The van der Waals surface area contributed by atoms with Crippen LogP contribution in [-0.4, -0.2) is 24.2 Å². The van der Waals surface area contributed by atoms with E-state index in [2.05, 4.69) is 0 Å². The molecule has 0 aromatic heterocycles. The van der Waals surface area contributed by atoms with Crippen molar-refractivity contribution in [2.24, 2.45) is 5.73 Å². The van der Waals surface area contributed by atoms with Crippen LogP contribution in [0.5, 0.6) is 5.75 Å². The van der Waals surface area contributed by atoms with Crippen LogP contribution in [-0.2, 0) is 17.8 Å². The summed E-state index contributed by atoms with van der Waals surface area (Å²) in [4.78, 5) is 12.3. The molecular weight excluding hydrogens is 306 g/mol. The lowest BCUT2D eigenvalue weighted by molar-refractivity contribution is 0.0592. The van der Waals surface area contributed by atoms with Crippen LogP contribution < -0.4 is 10.5 Å². The summed E-state index contributed by atoms with van der Waals surface area (Å²) in [5.74, 6) is 0.00436. The van der Waals surface area contributed by atoms with Crippen LogP contribution >= 0.6 is 0 Å². The number of carbonyl (C=O) groups is 1. The van der Waals surface area contributed by atoms with Gasteiger partial charge in [-0.25, -0.2) is 4.79 Å². The number of hydrogen-bond donors (Lipinski definition) is 2. The van der Waals surface area contributed by atoms with Crippen molar-refractivity contribution in [3.05, 3.63) is 64.7 Å². The second kappa shape index (κ2) is 7.03. The van der Waals surface area contributed by atoms with Gasteiger partial charge in [0.05, 0.1) is 13.2 Å². The molecular formula is C19H21NO4. The SMILES string of the molecule is COC(=O)c1c(OCc2ccccc2)ccc2c1CCC(N)C2O. The van der Waals surface area contributed by atoms with Crippen LogP contribution in [0.3, 0.4) is 0 Å². The number of fused-ring (bicyclic) bond motifs is 1. The number of esters is 1. The average Bonchev–Trinajstić information content (AvgIpc) is 2.62. The van der Waals surface area contributed by atoms with E-state index in [1.165, 1.54) is 7.11 Å². The molecule has 0 heterocycles. The summed E-state index contributed by atoms with van der Waals surface area (Å²) in [6.07, 6.45) is 0.446. The normalized spacial score (nSPS) is 19.5. The molecule has 3 rings (SSSR count). The Bertz CT molecular complexity index is 730. The lowest BCUT2D eigenvalue weighted by Crippen LogP contribution is -2.34. The molecule has 1 aliphatic carbocycles. The third-order valence-electron chi connectivity index (χ3n) is 4.39. The monoisotopic (exact) mass is 327 g/mol. The molecule has 2 aromatic carbocycles. The Kier molecular flexibility index (Phi) is 4.83. The van der Waals surface area contributed by atoms with E-state index in [1.807, 2.05) is 30.3 Å². The second-order valence-electron chi connectivity index (χ2n) is 5.92. The van der Waals surface area contributed by atoms with Crippen LogP contribution in [0.2, 0.25) is 0 Å². The summed E-state index contributed by atoms with van der Waals surface area (Å²) in [5, 5.41) is 10.3. The molecule has 24 heavy (non-hydrogen) atoms. The van der Waals surface area contributed by atoms with Gasteiger partial charge in [0.2, 0.25) is 0 Å². The van der Waals surface area contributed by atoms with Gasteiger partial charge in [-0.15, -0.1) is 0 Å². The van der Waals surface area contributed by atoms with Gasteiger partial charge in [-0.3, -0.25) is 0 Å². The van der Waals surface area contributed by atoms with E-state index in [-0.39, 0.29) is 6.04 Å². The van der Waals surface area contributed by atoms with E-state index in [9.17, 15) is 9.90 Å². The van der Waals surface area contributed by atoms with E-state index in [0.717, 1.165) is 11.1 Å². The number of hydrogen-bond acceptors (Lipinski definition) is 5. The highest BCUT2D eigenvalue weighted by Crippen LogP contribution is 2.36. The van der Waals surface area contributed by atoms with Crippen molar-refractivity contribution >= 4 is 5.97 Å². The molecule has 0 radical (unpaired) electrons. The first-order chi connectivity index (χ1) is 11.6. The Morgan fingerprint density at radius 3 is 2.71 bits per heavy atom. The molecule has 0 amide bonds. The molecule has 0 spiro atoms. The Labute approximate surface area is 141 Å². The first-order valence-electron chi connectivity index (χ1n) is 7.96. The topological polar surface area (TPSA) is 81.8 Å². The number of aliphatic hydroxyl groups excluding tert-OH is 1. The van der Waals surface area contributed by atoms with Crippen molar-refractivity contribution in [1.82, 2.24) is 0 Å². The van der Waals surface area contributed by atoms with Crippen LogP contribution in [0.15, 0.2) is 42.5 Å². The van der Waals surface area contributed by atoms with Gasteiger partial charge in [0, 0.05) is 6.04 Å². The second-order valence-corrected chi connectivity index (χ2v) is 5.92. The number of ether oxygens (including phenoxy) is 2. The van der Waals surface area contributed by atoms with E-state index in [1.54, 1.807) is 12.1 Å². The molecule has 2 atom stereocenters. The third-order valence-corrected chi connectivity index (χ3v) is 4.39. The fraction of sp³-hybridized carbons (Fsp3) is 0.316. The predicted molar refractivity (Wildman–Crippen MR) is 89.8 cm³/mol. The molecule has 0 saturated carbocycles. The molecule has 126 valence electrons. The average molecular weight is 327 g/mol. The van der Waals surface area contributed by atoms with E-state index in [0.29, 0.717) is 36.3 Å².